The molecule has 2 unspecified atom stereocenters. The lowest BCUT2D eigenvalue weighted by atomic mass is 9.81. The van der Waals surface area contributed by atoms with Crippen molar-refractivity contribution in [2.75, 3.05) is 27.4 Å². The van der Waals surface area contributed by atoms with Crippen LogP contribution in [0.4, 0.5) is 0 Å². The van der Waals surface area contributed by atoms with Crippen LogP contribution in [0, 0.1) is 0 Å². The molecule has 8 nitrogen and oxygen atoms in total. The molecule has 8 heteroatoms. The monoisotopic (exact) mass is 519 g/mol. The Morgan fingerprint density at radius 2 is 1.84 bits per heavy atom. The van der Waals surface area contributed by atoms with Crippen molar-refractivity contribution in [2.24, 2.45) is 0 Å². The van der Waals surface area contributed by atoms with Crippen molar-refractivity contribution in [3.8, 4) is 39.9 Å². The second-order valence-electron chi connectivity index (χ2n) is 9.64. The standard InChI is InChI=1S/C30H33NO7/c1-5-31-14-18-11-25(34)26(35-3)13-23(18)30-24(15-37-16(2)32)22-9-8-20-21(29(22)38-30)7-6-17-10-19(33)12-27(36-4)28(17)20/h8-13,24,30-31,33-34H,5-7,14-15H2,1-4H3. The van der Waals surface area contributed by atoms with Crippen LogP contribution in [0.25, 0.3) is 11.1 Å². The molecule has 2 aliphatic rings. The SMILES string of the molecule is CCNCc1cc(O)c(OC)cc1C1Oc2c(ccc3c2CCc2cc(O)cc(OC)c2-3)C1COC(C)=O. The van der Waals surface area contributed by atoms with Gasteiger partial charge in [0.25, 0.3) is 0 Å². The Hall–Kier alpha value is -3.91. The van der Waals surface area contributed by atoms with Gasteiger partial charge in [-0.1, -0.05) is 19.1 Å². The summed E-state index contributed by atoms with van der Waals surface area (Å²) in [7, 11) is 3.12. The molecular weight excluding hydrogens is 486 g/mol. The van der Waals surface area contributed by atoms with E-state index in [1.807, 2.05) is 19.1 Å². The van der Waals surface area contributed by atoms with Crippen LogP contribution in [0.3, 0.4) is 0 Å². The molecule has 200 valence electrons. The van der Waals surface area contributed by atoms with Gasteiger partial charge < -0.3 is 34.5 Å². The minimum Gasteiger partial charge on any atom is -0.508 e. The Balaban J connectivity index is 1.64. The summed E-state index contributed by atoms with van der Waals surface area (Å²) in [5.74, 6) is 1.38. The van der Waals surface area contributed by atoms with Gasteiger partial charge in [0.05, 0.1) is 20.1 Å². The molecule has 1 aliphatic carbocycles. The zero-order valence-corrected chi connectivity index (χ0v) is 22.1. The summed E-state index contributed by atoms with van der Waals surface area (Å²) in [6.07, 6.45) is 1.00. The van der Waals surface area contributed by atoms with Crippen molar-refractivity contribution in [2.45, 2.75) is 45.3 Å². The van der Waals surface area contributed by atoms with E-state index in [1.54, 1.807) is 25.3 Å². The molecule has 2 atom stereocenters. The molecule has 0 saturated carbocycles. The summed E-state index contributed by atoms with van der Waals surface area (Å²) in [4.78, 5) is 11.8. The van der Waals surface area contributed by atoms with Crippen molar-refractivity contribution >= 4 is 5.97 Å². The predicted molar refractivity (Wildman–Crippen MR) is 142 cm³/mol. The fourth-order valence-corrected chi connectivity index (χ4v) is 5.65. The van der Waals surface area contributed by atoms with Gasteiger partial charge in [0, 0.05) is 41.8 Å². The van der Waals surface area contributed by atoms with Crippen LogP contribution in [0.15, 0.2) is 36.4 Å². The molecule has 0 saturated heterocycles. The van der Waals surface area contributed by atoms with Crippen LogP contribution in [0.2, 0.25) is 0 Å². The van der Waals surface area contributed by atoms with Gasteiger partial charge in [-0.05, 0) is 54.3 Å². The second kappa shape index (κ2) is 10.5. The van der Waals surface area contributed by atoms with Gasteiger partial charge in [0.2, 0.25) is 0 Å². The van der Waals surface area contributed by atoms with Gasteiger partial charge in [0.1, 0.15) is 30.0 Å². The average molecular weight is 520 g/mol. The van der Waals surface area contributed by atoms with Crippen molar-refractivity contribution in [3.63, 3.8) is 0 Å². The molecule has 1 heterocycles. The molecule has 0 amide bonds. The van der Waals surface area contributed by atoms with E-state index in [0.29, 0.717) is 18.0 Å². The highest BCUT2D eigenvalue weighted by atomic mass is 16.5. The lowest BCUT2D eigenvalue weighted by Crippen LogP contribution is -2.20. The molecular formula is C30H33NO7. The summed E-state index contributed by atoms with van der Waals surface area (Å²) in [5, 5.41) is 24.0. The first-order valence-corrected chi connectivity index (χ1v) is 12.8. The molecule has 3 N–H and O–H groups in total. The van der Waals surface area contributed by atoms with E-state index in [2.05, 4.69) is 11.4 Å². The molecule has 0 fully saturated rings. The first kappa shape index (κ1) is 25.7. The fourth-order valence-electron chi connectivity index (χ4n) is 5.65. The Labute approximate surface area is 222 Å². The summed E-state index contributed by atoms with van der Waals surface area (Å²) < 4.78 is 23.4. The molecule has 1 aliphatic heterocycles. The first-order chi connectivity index (χ1) is 18.4. The smallest absolute Gasteiger partial charge is 0.302 e. The van der Waals surface area contributed by atoms with E-state index in [4.69, 9.17) is 18.9 Å². The first-order valence-electron chi connectivity index (χ1n) is 12.8. The number of phenolic OH excluding ortho intramolecular Hbond substituents is 2. The molecule has 0 spiro atoms. The number of fused-ring (bicyclic) bond motifs is 5. The van der Waals surface area contributed by atoms with Crippen LogP contribution in [0.1, 0.15) is 53.7 Å². The summed E-state index contributed by atoms with van der Waals surface area (Å²) in [6.45, 7) is 4.87. The third-order valence-electron chi connectivity index (χ3n) is 7.38. The van der Waals surface area contributed by atoms with Crippen LogP contribution in [-0.4, -0.2) is 43.6 Å². The average Bonchev–Trinajstić information content (AvgIpc) is 3.28. The van der Waals surface area contributed by atoms with E-state index in [0.717, 1.165) is 64.1 Å². The number of esters is 1. The molecule has 0 bridgehead atoms. The maximum Gasteiger partial charge on any atom is 0.302 e. The van der Waals surface area contributed by atoms with Crippen LogP contribution < -0.4 is 19.5 Å². The summed E-state index contributed by atoms with van der Waals surface area (Å²) in [5.41, 5.74) is 6.76. The molecule has 3 aromatic carbocycles. The number of hydrogen-bond acceptors (Lipinski definition) is 8. The van der Waals surface area contributed by atoms with Crippen molar-refractivity contribution < 1.29 is 34.0 Å². The number of hydrogen-bond donors (Lipinski definition) is 3. The number of aromatic hydroxyl groups is 2. The molecule has 38 heavy (non-hydrogen) atoms. The van der Waals surface area contributed by atoms with E-state index in [1.165, 1.54) is 14.0 Å². The molecule has 0 aromatic heterocycles. The van der Waals surface area contributed by atoms with Crippen molar-refractivity contribution in [1.82, 2.24) is 5.32 Å². The Bertz CT molecular complexity index is 1370. The Morgan fingerprint density at radius 3 is 2.55 bits per heavy atom. The topological polar surface area (TPSA) is 106 Å². The van der Waals surface area contributed by atoms with Gasteiger partial charge in [-0.3, -0.25) is 4.79 Å². The highest BCUT2D eigenvalue weighted by Gasteiger charge is 2.41. The quantitative estimate of drug-likeness (QED) is 0.366. The zero-order valence-electron chi connectivity index (χ0n) is 22.1. The Morgan fingerprint density at radius 1 is 1.05 bits per heavy atom. The maximum absolute atomic E-state index is 11.8. The van der Waals surface area contributed by atoms with E-state index in [9.17, 15) is 15.0 Å². The van der Waals surface area contributed by atoms with Crippen LogP contribution in [0.5, 0.6) is 28.7 Å². The van der Waals surface area contributed by atoms with Crippen molar-refractivity contribution in [1.29, 1.82) is 0 Å². The number of ether oxygens (including phenoxy) is 4. The van der Waals surface area contributed by atoms with Crippen LogP contribution >= 0.6 is 0 Å². The van der Waals surface area contributed by atoms with Crippen molar-refractivity contribution in [3.05, 3.63) is 64.2 Å². The van der Waals surface area contributed by atoms with Gasteiger partial charge in [0.15, 0.2) is 11.5 Å². The highest BCUT2D eigenvalue weighted by molar-refractivity contribution is 5.82. The zero-order chi connectivity index (χ0) is 27.0. The molecule has 3 aromatic rings. The summed E-state index contributed by atoms with van der Waals surface area (Å²) in [6, 6.07) is 11.0. The number of carbonyl (C=O) groups excluding carboxylic acids is 1. The lowest BCUT2D eigenvalue weighted by molar-refractivity contribution is -0.141. The number of phenols is 2. The second-order valence-corrected chi connectivity index (χ2v) is 9.64. The highest BCUT2D eigenvalue weighted by Crippen LogP contribution is 2.54. The predicted octanol–water partition coefficient (Wildman–Crippen LogP) is 4.77. The van der Waals surface area contributed by atoms with Gasteiger partial charge in [-0.2, -0.15) is 0 Å². The maximum atomic E-state index is 11.8. The van der Waals surface area contributed by atoms with Gasteiger partial charge in [-0.25, -0.2) is 0 Å². The third-order valence-corrected chi connectivity index (χ3v) is 7.38. The fraction of sp³-hybridized carbons (Fsp3) is 0.367. The Kier molecular flexibility index (Phi) is 7.08. The van der Waals surface area contributed by atoms with Crippen LogP contribution in [-0.2, 0) is 28.9 Å². The number of methoxy groups -OCH3 is 2. The lowest BCUT2D eigenvalue weighted by Gasteiger charge is -2.24. The van der Waals surface area contributed by atoms with E-state index >= 15 is 0 Å². The molecule has 5 rings (SSSR count). The van der Waals surface area contributed by atoms with Gasteiger partial charge >= 0.3 is 5.97 Å². The summed E-state index contributed by atoms with van der Waals surface area (Å²) >= 11 is 0. The number of benzene rings is 3. The largest absolute Gasteiger partial charge is 0.508 e. The minimum atomic E-state index is -0.456. The van der Waals surface area contributed by atoms with E-state index in [-0.39, 0.29) is 30.0 Å². The van der Waals surface area contributed by atoms with E-state index < -0.39 is 6.10 Å². The normalized spacial score (nSPS) is 17.2. The third kappa shape index (κ3) is 4.49. The number of rotatable bonds is 8. The molecule has 0 radical (unpaired) electrons. The van der Waals surface area contributed by atoms with Gasteiger partial charge in [-0.15, -0.1) is 0 Å². The number of nitrogens with one attached hydrogen (secondary N) is 1. The minimum absolute atomic E-state index is 0.0561. The number of aryl methyl sites for hydroxylation is 1. The number of carbonyl (C=O) groups is 1.